The topological polar surface area (TPSA) is 34.8 Å². The molecule has 0 aliphatic heterocycles. The van der Waals surface area contributed by atoms with Crippen molar-refractivity contribution in [2.75, 3.05) is 6.54 Å². The second-order valence-corrected chi connectivity index (χ2v) is 5.17. The standard InChI is InChI=1S/C16H26N4/c1-4-8-17-11-14-7-9-19(12-14)13-16-10-15(5-2)18-20(16)6-3/h7,9-10,12,17H,4-6,8,11,13H2,1-3H3. The predicted octanol–water partition coefficient (Wildman–Crippen LogP) is 2.81. The first-order valence-corrected chi connectivity index (χ1v) is 7.67. The fourth-order valence-corrected chi connectivity index (χ4v) is 2.38. The summed E-state index contributed by atoms with van der Waals surface area (Å²) in [5.74, 6) is 0. The second kappa shape index (κ2) is 7.29. The van der Waals surface area contributed by atoms with Crippen LogP contribution in [0.25, 0.3) is 0 Å². The Morgan fingerprint density at radius 3 is 2.80 bits per heavy atom. The molecule has 0 aliphatic rings. The molecule has 20 heavy (non-hydrogen) atoms. The lowest BCUT2D eigenvalue weighted by molar-refractivity contribution is 0.594. The zero-order valence-electron chi connectivity index (χ0n) is 12.9. The van der Waals surface area contributed by atoms with E-state index in [4.69, 9.17) is 0 Å². The van der Waals surface area contributed by atoms with Gasteiger partial charge in [-0.1, -0.05) is 13.8 Å². The summed E-state index contributed by atoms with van der Waals surface area (Å²) >= 11 is 0. The highest BCUT2D eigenvalue weighted by Crippen LogP contribution is 2.10. The molecule has 0 unspecified atom stereocenters. The van der Waals surface area contributed by atoms with Gasteiger partial charge >= 0.3 is 0 Å². The molecule has 0 spiro atoms. The molecule has 0 saturated carbocycles. The van der Waals surface area contributed by atoms with Gasteiger partial charge in [0.2, 0.25) is 0 Å². The van der Waals surface area contributed by atoms with Crippen molar-refractivity contribution in [3.05, 3.63) is 41.5 Å². The first kappa shape index (κ1) is 14.9. The lowest BCUT2D eigenvalue weighted by Crippen LogP contribution is -2.13. The SMILES string of the molecule is CCCNCc1ccn(Cc2cc(CC)nn2CC)c1. The van der Waals surface area contributed by atoms with Gasteiger partial charge in [-0.3, -0.25) is 4.68 Å². The molecule has 1 N–H and O–H groups in total. The van der Waals surface area contributed by atoms with Crippen LogP contribution in [0.4, 0.5) is 0 Å². The van der Waals surface area contributed by atoms with Gasteiger partial charge in [-0.25, -0.2) is 0 Å². The van der Waals surface area contributed by atoms with Crippen molar-refractivity contribution in [2.24, 2.45) is 0 Å². The molecular weight excluding hydrogens is 248 g/mol. The minimum atomic E-state index is 0.897. The highest BCUT2D eigenvalue weighted by Gasteiger charge is 2.06. The number of hydrogen-bond donors (Lipinski definition) is 1. The summed E-state index contributed by atoms with van der Waals surface area (Å²) in [5, 5.41) is 8.04. The Hall–Kier alpha value is -1.55. The number of aromatic nitrogens is 3. The van der Waals surface area contributed by atoms with Gasteiger partial charge in [-0.05, 0) is 44.0 Å². The van der Waals surface area contributed by atoms with Crippen LogP contribution in [0.2, 0.25) is 0 Å². The van der Waals surface area contributed by atoms with Crippen LogP contribution >= 0.6 is 0 Å². The van der Waals surface area contributed by atoms with E-state index in [9.17, 15) is 0 Å². The molecule has 4 nitrogen and oxygen atoms in total. The van der Waals surface area contributed by atoms with Crippen LogP contribution in [0, 0.1) is 0 Å². The van der Waals surface area contributed by atoms with E-state index in [1.165, 1.54) is 23.4 Å². The molecule has 4 heteroatoms. The maximum atomic E-state index is 4.60. The molecular formula is C16H26N4. The Morgan fingerprint density at radius 2 is 2.10 bits per heavy atom. The largest absolute Gasteiger partial charge is 0.348 e. The zero-order chi connectivity index (χ0) is 14.4. The van der Waals surface area contributed by atoms with Crippen molar-refractivity contribution < 1.29 is 0 Å². The summed E-state index contributed by atoms with van der Waals surface area (Å²) in [6.07, 6.45) is 6.55. The van der Waals surface area contributed by atoms with Crippen molar-refractivity contribution in [1.82, 2.24) is 19.7 Å². The van der Waals surface area contributed by atoms with E-state index < -0.39 is 0 Å². The quantitative estimate of drug-likeness (QED) is 0.751. The van der Waals surface area contributed by atoms with Gasteiger partial charge in [0, 0.05) is 25.5 Å². The summed E-state index contributed by atoms with van der Waals surface area (Å²) in [4.78, 5) is 0. The first-order chi connectivity index (χ1) is 9.76. The molecule has 0 aliphatic carbocycles. The normalized spacial score (nSPS) is 11.2. The maximum absolute atomic E-state index is 4.60. The van der Waals surface area contributed by atoms with Gasteiger partial charge in [0.1, 0.15) is 0 Å². The minimum absolute atomic E-state index is 0.897. The Bertz CT molecular complexity index is 524. The van der Waals surface area contributed by atoms with Crippen LogP contribution in [0.1, 0.15) is 44.1 Å². The van der Waals surface area contributed by atoms with Gasteiger partial charge in [-0.2, -0.15) is 5.10 Å². The molecule has 0 atom stereocenters. The van der Waals surface area contributed by atoms with Crippen LogP contribution in [0.3, 0.4) is 0 Å². The first-order valence-electron chi connectivity index (χ1n) is 7.67. The lowest BCUT2D eigenvalue weighted by atomic mass is 10.3. The molecule has 2 aromatic heterocycles. The van der Waals surface area contributed by atoms with Crippen molar-refractivity contribution >= 4 is 0 Å². The van der Waals surface area contributed by atoms with Gasteiger partial charge in [0.15, 0.2) is 0 Å². The summed E-state index contributed by atoms with van der Waals surface area (Å²) in [7, 11) is 0. The van der Waals surface area contributed by atoms with Crippen LogP contribution in [-0.4, -0.2) is 20.9 Å². The van der Waals surface area contributed by atoms with Crippen LogP contribution in [0.5, 0.6) is 0 Å². The predicted molar refractivity (Wildman–Crippen MR) is 82.8 cm³/mol. The average Bonchev–Trinajstić information content (AvgIpc) is 3.06. The summed E-state index contributed by atoms with van der Waals surface area (Å²) in [5.41, 5.74) is 3.81. The molecule has 110 valence electrons. The number of aryl methyl sites for hydroxylation is 2. The van der Waals surface area contributed by atoms with E-state index >= 15 is 0 Å². The maximum Gasteiger partial charge on any atom is 0.0639 e. The molecule has 0 radical (unpaired) electrons. The Balaban J connectivity index is 2.00. The number of nitrogens with zero attached hydrogens (tertiary/aromatic N) is 3. The van der Waals surface area contributed by atoms with E-state index in [0.717, 1.165) is 32.6 Å². The Morgan fingerprint density at radius 1 is 1.25 bits per heavy atom. The number of rotatable bonds is 8. The van der Waals surface area contributed by atoms with E-state index in [-0.39, 0.29) is 0 Å². The summed E-state index contributed by atoms with van der Waals surface area (Å²) < 4.78 is 4.35. The highest BCUT2D eigenvalue weighted by atomic mass is 15.3. The number of hydrogen-bond acceptors (Lipinski definition) is 2. The molecule has 2 heterocycles. The zero-order valence-corrected chi connectivity index (χ0v) is 12.9. The molecule has 0 bridgehead atoms. The number of nitrogens with one attached hydrogen (secondary N) is 1. The lowest BCUT2D eigenvalue weighted by Gasteiger charge is -2.05. The summed E-state index contributed by atoms with van der Waals surface area (Å²) in [6, 6.07) is 4.41. The van der Waals surface area contributed by atoms with Crippen molar-refractivity contribution in [3.8, 4) is 0 Å². The molecule has 0 amide bonds. The Labute approximate surface area is 121 Å². The minimum Gasteiger partial charge on any atom is -0.348 e. The smallest absolute Gasteiger partial charge is 0.0639 e. The van der Waals surface area contributed by atoms with E-state index in [1.54, 1.807) is 0 Å². The van der Waals surface area contributed by atoms with Gasteiger partial charge in [-0.15, -0.1) is 0 Å². The van der Waals surface area contributed by atoms with Crippen LogP contribution < -0.4 is 5.32 Å². The van der Waals surface area contributed by atoms with Gasteiger partial charge in [0.25, 0.3) is 0 Å². The van der Waals surface area contributed by atoms with Crippen molar-refractivity contribution in [2.45, 2.75) is 53.2 Å². The van der Waals surface area contributed by atoms with Crippen molar-refractivity contribution in [3.63, 3.8) is 0 Å². The third-order valence-electron chi connectivity index (χ3n) is 3.49. The van der Waals surface area contributed by atoms with E-state index in [2.05, 4.69) is 65.0 Å². The van der Waals surface area contributed by atoms with Crippen molar-refractivity contribution in [1.29, 1.82) is 0 Å². The van der Waals surface area contributed by atoms with Gasteiger partial charge in [0.05, 0.1) is 17.9 Å². The fraction of sp³-hybridized carbons (Fsp3) is 0.562. The van der Waals surface area contributed by atoms with Gasteiger partial charge < -0.3 is 9.88 Å². The van der Waals surface area contributed by atoms with Crippen LogP contribution in [0.15, 0.2) is 24.5 Å². The van der Waals surface area contributed by atoms with E-state index in [0.29, 0.717) is 0 Å². The molecule has 2 rings (SSSR count). The third kappa shape index (κ3) is 3.73. The summed E-state index contributed by atoms with van der Waals surface area (Å²) in [6.45, 7) is 10.3. The van der Waals surface area contributed by atoms with Crippen LogP contribution in [-0.2, 0) is 26.1 Å². The molecule has 2 aromatic rings. The second-order valence-electron chi connectivity index (χ2n) is 5.17. The molecule has 0 saturated heterocycles. The average molecular weight is 274 g/mol. The molecule has 0 fully saturated rings. The van der Waals surface area contributed by atoms with E-state index in [1.807, 2.05) is 0 Å². The molecule has 0 aromatic carbocycles. The highest BCUT2D eigenvalue weighted by molar-refractivity contribution is 5.15. The Kier molecular flexibility index (Phi) is 5.41. The third-order valence-corrected chi connectivity index (χ3v) is 3.49. The monoisotopic (exact) mass is 274 g/mol. The fourth-order valence-electron chi connectivity index (χ4n) is 2.38.